The molecule has 0 spiro atoms. The highest BCUT2D eigenvalue weighted by Crippen LogP contribution is 2.23. The second kappa shape index (κ2) is 10.8. The van der Waals surface area contributed by atoms with Crippen molar-refractivity contribution in [3.05, 3.63) is 115 Å². The van der Waals surface area contributed by atoms with Crippen molar-refractivity contribution in [3.63, 3.8) is 0 Å². The molecule has 6 heteroatoms. The highest BCUT2D eigenvalue weighted by molar-refractivity contribution is 5.99. The van der Waals surface area contributed by atoms with Crippen molar-refractivity contribution >= 4 is 28.4 Å². The van der Waals surface area contributed by atoms with Gasteiger partial charge in [0.2, 0.25) is 0 Å². The number of rotatable bonds is 8. The van der Waals surface area contributed by atoms with Gasteiger partial charge < -0.3 is 15.4 Å². The summed E-state index contributed by atoms with van der Waals surface area (Å²) in [5.41, 5.74) is 5.75. The average molecular weight is 477 g/mol. The van der Waals surface area contributed by atoms with Crippen LogP contribution in [0.25, 0.3) is 16.7 Å². The van der Waals surface area contributed by atoms with E-state index in [1.165, 1.54) is 0 Å². The summed E-state index contributed by atoms with van der Waals surface area (Å²) in [5, 5.41) is 5.78. The topological polar surface area (TPSA) is 68.2 Å². The fourth-order valence-corrected chi connectivity index (χ4v) is 4.26. The lowest BCUT2D eigenvalue weighted by atomic mass is 10.1. The molecule has 2 amide bonds. The number of aryl methyl sites for hydroxylation is 2. The van der Waals surface area contributed by atoms with Crippen LogP contribution in [0.1, 0.15) is 18.3 Å². The number of amides is 2. The third-order valence-corrected chi connectivity index (χ3v) is 5.89. The molecule has 5 rings (SSSR count). The predicted molar refractivity (Wildman–Crippen MR) is 145 cm³/mol. The first-order valence-electron chi connectivity index (χ1n) is 12.1. The number of carbonyl (C=O) groups excluding carboxylic acids is 1. The maximum absolute atomic E-state index is 12.5. The number of hydrogen-bond acceptors (Lipinski definition) is 3. The van der Waals surface area contributed by atoms with E-state index in [4.69, 9.17) is 9.72 Å². The van der Waals surface area contributed by atoms with Crippen molar-refractivity contribution in [3.8, 4) is 11.4 Å². The highest BCUT2D eigenvalue weighted by atomic mass is 16.5. The van der Waals surface area contributed by atoms with E-state index in [1.54, 1.807) is 0 Å². The number of fused-ring (bicyclic) bond motifs is 1. The molecule has 0 saturated heterocycles. The Bertz CT molecular complexity index is 1460. The Morgan fingerprint density at radius 3 is 2.36 bits per heavy atom. The molecule has 0 radical (unpaired) electrons. The number of nitrogens with zero attached hydrogens (tertiary/aromatic N) is 2. The molecule has 1 heterocycles. The Morgan fingerprint density at radius 1 is 0.806 bits per heavy atom. The first-order valence-corrected chi connectivity index (χ1v) is 12.1. The third-order valence-electron chi connectivity index (χ3n) is 5.89. The van der Waals surface area contributed by atoms with Crippen molar-refractivity contribution < 1.29 is 9.53 Å². The van der Waals surface area contributed by atoms with Gasteiger partial charge in [-0.05, 0) is 79.6 Å². The van der Waals surface area contributed by atoms with Gasteiger partial charge in [-0.1, -0.05) is 42.5 Å². The Morgan fingerprint density at radius 2 is 1.56 bits per heavy atom. The smallest absolute Gasteiger partial charge is 0.323 e. The number of nitrogens with one attached hydrogen (secondary N) is 2. The van der Waals surface area contributed by atoms with E-state index < -0.39 is 0 Å². The molecule has 0 unspecified atom stereocenters. The van der Waals surface area contributed by atoms with Gasteiger partial charge >= 0.3 is 6.03 Å². The number of carbonyl (C=O) groups is 1. The van der Waals surface area contributed by atoms with Crippen LogP contribution in [-0.2, 0) is 12.8 Å². The maximum Gasteiger partial charge on any atom is 0.323 e. The second-order valence-corrected chi connectivity index (χ2v) is 8.42. The van der Waals surface area contributed by atoms with Gasteiger partial charge in [0.1, 0.15) is 11.6 Å². The molecule has 5 aromatic rings. The molecule has 0 aliphatic carbocycles. The minimum absolute atomic E-state index is 0.290. The number of ether oxygens (including phenoxy) is 1. The van der Waals surface area contributed by atoms with E-state index in [-0.39, 0.29) is 6.03 Å². The molecule has 36 heavy (non-hydrogen) atoms. The summed E-state index contributed by atoms with van der Waals surface area (Å²) in [7, 11) is 0. The van der Waals surface area contributed by atoms with Crippen LogP contribution < -0.4 is 15.4 Å². The standard InChI is InChI=1S/C30H28N4O2/c1-2-36-26-18-16-23(17-19-26)31-30(35)32-24-10-8-9-22(21-24)15-20-29-33-27-13-6-7-14-28(27)34(29)25-11-4-3-5-12-25/h3-14,16-19,21H,2,15,20H2,1H3,(H2,31,32,35). The molecule has 0 atom stereocenters. The molecule has 6 nitrogen and oxygen atoms in total. The molecule has 0 aliphatic rings. The fourth-order valence-electron chi connectivity index (χ4n) is 4.26. The van der Waals surface area contributed by atoms with Crippen molar-refractivity contribution in [2.24, 2.45) is 0 Å². The van der Waals surface area contributed by atoms with Gasteiger partial charge in [-0.3, -0.25) is 4.57 Å². The van der Waals surface area contributed by atoms with Crippen molar-refractivity contribution in [1.82, 2.24) is 9.55 Å². The normalized spacial score (nSPS) is 10.8. The Hall–Kier alpha value is -4.58. The number of hydrogen-bond donors (Lipinski definition) is 2. The van der Waals surface area contributed by atoms with E-state index in [0.29, 0.717) is 12.3 Å². The van der Waals surface area contributed by atoms with Gasteiger partial charge in [0.05, 0.1) is 17.6 Å². The van der Waals surface area contributed by atoms with Gasteiger partial charge in [-0.2, -0.15) is 0 Å². The second-order valence-electron chi connectivity index (χ2n) is 8.42. The van der Waals surface area contributed by atoms with Gasteiger partial charge in [-0.25, -0.2) is 9.78 Å². The lowest BCUT2D eigenvalue weighted by Gasteiger charge is -2.11. The molecule has 4 aromatic carbocycles. The van der Waals surface area contributed by atoms with Crippen molar-refractivity contribution in [2.75, 3.05) is 17.2 Å². The van der Waals surface area contributed by atoms with E-state index in [2.05, 4.69) is 39.5 Å². The van der Waals surface area contributed by atoms with E-state index in [0.717, 1.165) is 52.4 Å². The van der Waals surface area contributed by atoms with Crippen LogP contribution >= 0.6 is 0 Å². The zero-order valence-electron chi connectivity index (χ0n) is 20.1. The summed E-state index contributed by atoms with van der Waals surface area (Å²) < 4.78 is 7.67. The number of aromatic nitrogens is 2. The summed E-state index contributed by atoms with van der Waals surface area (Å²) in [4.78, 5) is 17.4. The minimum Gasteiger partial charge on any atom is -0.494 e. The lowest BCUT2D eigenvalue weighted by Crippen LogP contribution is -2.19. The quantitative estimate of drug-likeness (QED) is 0.257. The molecule has 0 bridgehead atoms. The summed E-state index contributed by atoms with van der Waals surface area (Å²) in [6, 6.07) is 33.5. The van der Waals surface area contributed by atoms with Crippen LogP contribution in [0.4, 0.5) is 16.2 Å². The van der Waals surface area contributed by atoms with Gasteiger partial charge in [0.15, 0.2) is 0 Å². The number of para-hydroxylation sites is 3. The Kier molecular flexibility index (Phi) is 6.94. The van der Waals surface area contributed by atoms with Gasteiger partial charge in [-0.15, -0.1) is 0 Å². The van der Waals surface area contributed by atoms with Crippen LogP contribution in [0.2, 0.25) is 0 Å². The van der Waals surface area contributed by atoms with E-state index in [1.807, 2.05) is 85.8 Å². The van der Waals surface area contributed by atoms with Crippen molar-refractivity contribution in [1.29, 1.82) is 0 Å². The monoisotopic (exact) mass is 476 g/mol. The predicted octanol–water partition coefficient (Wildman–Crippen LogP) is 6.85. The highest BCUT2D eigenvalue weighted by Gasteiger charge is 2.12. The number of urea groups is 1. The van der Waals surface area contributed by atoms with Gasteiger partial charge in [0.25, 0.3) is 0 Å². The van der Waals surface area contributed by atoms with E-state index in [9.17, 15) is 4.79 Å². The molecule has 2 N–H and O–H groups in total. The van der Waals surface area contributed by atoms with E-state index >= 15 is 0 Å². The first kappa shape index (κ1) is 23.2. The van der Waals surface area contributed by atoms with Crippen LogP contribution in [0.15, 0.2) is 103 Å². The third kappa shape index (κ3) is 5.39. The summed E-state index contributed by atoms with van der Waals surface area (Å²) >= 11 is 0. The Labute approximate surface area is 210 Å². The number of benzene rings is 4. The summed E-state index contributed by atoms with van der Waals surface area (Å²) in [6.45, 7) is 2.54. The van der Waals surface area contributed by atoms with Crippen LogP contribution in [0, 0.1) is 0 Å². The number of anilines is 2. The summed E-state index contributed by atoms with van der Waals surface area (Å²) in [6.07, 6.45) is 1.57. The molecular weight excluding hydrogens is 448 g/mol. The summed E-state index contributed by atoms with van der Waals surface area (Å²) in [5.74, 6) is 1.78. The van der Waals surface area contributed by atoms with Gasteiger partial charge in [0, 0.05) is 23.5 Å². The molecule has 0 saturated carbocycles. The largest absolute Gasteiger partial charge is 0.494 e. The van der Waals surface area contributed by atoms with Crippen LogP contribution in [-0.4, -0.2) is 22.2 Å². The zero-order valence-corrected chi connectivity index (χ0v) is 20.1. The SMILES string of the molecule is CCOc1ccc(NC(=O)Nc2cccc(CCc3nc4ccccc4n3-c3ccccc3)c2)cc1. The molecule has 180 valence electrons. The fraction of sp³-hybridized carbons (Fsp3) is 0.133. The first-order chi connectivity index (χ1) is 17.7. The molecule has 0 aliphatic heterocycles. The van der Waals surface area contributed by atoms with Crippen LogP contribution in [0.3, 0.4) is 0 Å². The maximum atomic E-state index is 12.5. The molecule has 1 aromatic heterocycles. The van der Waals surface area contributed by atoms with Crippen LogP contribution in [0.5, 0.6) is 5.75 Å². The molecule has 0 fully saturated rings. The molecular formula is C30H28N4O2. The lowest BCUT2D eigenvalue weighted by molar-refractivity contribution is 0.262. The van der Waals surface area contributed by atoms with Crippen molar-refractivity contribution in [2.45, 2.75) is 19.8 Å². The minimum atomic E-state index is -0.290. The average Bonchev–Trinajstić information content (AvgIpc) is 3.28. The number of imidazole rings is 1. The Balaban J connectivity index is 1.27. The zero-order chi connectivity index (χ0) is 24.7.